The summed E-state index contributed by atoms with van der Waals surface area (Å²) in [7, 11) is 1.72. The van der Waals surface area contributed by atoms with E-state index in [1.807, 2.05) is 0 Å². The average Bonchev–Trinajstić information content (AvgIpc) is 3.05. The van der Waals surface area contributed by atoms with Crippen molar-refractivity contribution in [2.45, 2.75) is 25.3 Å². The highest BCUT2D eigenvalue weighted by Gasteiger charge is 2.37. The number of rotatable bonds is 3. The van der Waals surface area contributed by atoms with Crippen molar-refractivity contribution >= 4 is 5.69 Å². The van der Waals surface area contributed by atoms with E-state index in [0.717, 1.165) is 17.7 Å². The first-order valence-electron chi connectivity index (χ1n) is 7.81. The van der Waals surface area contributed by atoms with E-state index in [9.17, 15) is 0 Å². The molecule has 2 heterocycles. The lowest BCUT2D eigenvalue weighted by molar-refractivity contribution is 0.414. The smallest absolute Gasteiger partial charge is 0.118 e. The van der Waals surface area contributed by atoms with Gasteiger partial charge in [0.25, 0.3) is 0 Å². The normalized spacial score (nSPS) is 23.0. The van der Waals surface area contributed by atoms with E-state index in [-0.39, 0.29) is 0 Å². The molecule has 108 valence electrons. The Bertz CT molecular complexity index is 634. The first-order chi connectivity index (χ1) is 10.3. The Hall–Kier alpha value is -1.96. The number of fused-ring (bicyclic) bond motifs is 3. The van der Waals surface area contributed by atoms with E-state index >= 15 is 0 Å². The lowest BCUT2D eigenvalue weighted by Crippen LogP contribution is -2.24. The largest absolute Gasteiger partial charge is 0.497 e. The molecular weight excluding hydrogens is 258 g/mol. The van der Waals surface area contributed by atoms with Crippen molar-refractivity contribution in [2.75, 3.05) is 18.6 Å². The Labute approximate surface area is 126 Å². The van der Waals surface area contributed by atoms with Crippen LogP contribution in [0.2, 0.25) is 0 Å². The van der Waals surface area contributed by atoms with Gasteiger partial charge in [0.05, 0.1) is 7.11 Å². The van der Waals surface area contributed by atoms with Crippen molar-refractivity contribution in [3.05, 3.63) is 59.7 Å². The van der Waals surface area contributed by atoms with Gasteiger partial charge in [-0.2, -0.15) is 0 Å². The molecule has 2 nitrogen and oxygen atoms in total. The molecule has 1 fully saturated rings. The van der Waals surface area contributed by atoms with Crippen LogP contribution in [-0.2, 0) is 12.8 Å². The third kappa shape index (κ3) is 2.29. The lowest BCUT2D eigenvalue weighted by atomic mass is 9.94. The van der Waals surface area contributed by atoms with Gasteiger partial charge in [-0.25, -0.2) is 0 Å². The summed E-state index contributed by atoms with van der Waals surface area (Å²) in [5, 5.41) is 0. The third-order valence-corrected chi connectivity index (χ3v) is 4.94. The molecule has 0 unspecified atom stereocenters. The fraction of sp³-hybridized carbons (Fsp3) is 0.368. The summed E-state index contributed by atoms with van der Waals surface area (Å²) in [6.07, 6.45) is 3.73. The van der Waals surface area contributed by atoms with Gasteiger partial charge >= 0.3 is 0 Å². The van der Waals surface area contributed by atoms with Crippen LogP contribution in [0.15, 0.2) is 48.5 Å². The predicted octanol–water partition coefficient (Wildman–Crippen LogP) is 3.69. The van der Waals surface area contributed by atoms with E-state index < -0.39 is 0 Å². The second-order valence-corrected chi connectivity index (χ2v) is 6.29. The zero-order valence-corrected chi connectivity index (χ0v) is 12.5. The Balaban J connectivity index is 1.46. The summed E-state index contributed by atoms with van der Waals surface area (Å²) >= 11 is 0. The molecule has 0 spiro atoms. The molecule has 2 aliphatic rings. The Morgan fingerprint density at radius 2 is 1.90 bits per heavy atom. The molecule has 0 aromatic heterocycles. The first-order valence-corrected chi connectivity index (χ1v) is 7.81. The standard InChI is InChI=1S/C19H21NO/c1-21-18-8-6-14(7-9-18)10-15-11-17-12-16-4-2-3-5-19(16)20(17)13-15/h2-9,15,17H,10-13H2,1H3/t15-,17+/m0/s1. The molecule has 2 heteroatoms. The van der Waals surface area contributed by atoms with Crippen LogP contribution >= 0.6 is 0 Å². The van der Waals surface area contributed by atoms with Gasteiger partial charge < -0.3 is 9.64 Å². The monoisotopic (exact) mass is 279 g/mol. The highest BCUT2D eigenvalue weighted by Crippen LogP contribution is 2.40. The maximum absolute atomic E-state index is 5.23. The van der Waals surface area contributed by atoms with Gasteiger partial charge in [-0.15, -0.1) is 0 Å². The fourth-order valence-corrected chi connectivity index (χ4v) is 3.96. The molecule has 21 heavy (non-hydrogen) atoms. The van der Waals surface area contributed by atoms with Gasteiger partial charge in [0.15, 0.2) is 0 Å². The number of nitrogens with zero attached hydrogens (tertiary/aromatic N) is 1. The Kier molecular flexibility index (Phi) is 3.10. The van der Waals surface area contributed by atoms with Crippen LogP contribution < -0.4 is 9.64 Å². The van der Waals surface area contributed by atoms with Gasteiger partial charge in [-0.1, -0.05) is 30.3 Å². The summed E-state index contributed by atoms with van der Waals surface area (Å²) in [5.41, 5.74) is 4.43. The molecule has 2 aromatic rings. The molecule has 0 saturated carbocycles. The van der Waals surface area contributed by atoms with Crippen molar-refractivity contribution < 1.29 is 4.74 Å². The maximum atomic E-state index is 5.23. The van der Waals surface area contributed by atoms with E-state index in [1.54, 1.807) is 7.11 Å². The van der Waals surface area contributed by atoms with Crippen molar-refractivity contribution in [1.29, 1.82) is 0 Å². The number of ether oxygens (including phenoxy) is 1. The van der Waals surface area contributed by atoms with Crippen LogP contribution in [0.1, 0.15) is 17.5 Å². The van der Waals surface area contributed by atoms with E-state index in [0.29, 0.717) is 0 Å². The van der Waals surface area contributed by atoms with Gasteiger partial charge in [0.1, 0.15) is 5.75 Å². The van der Waals surface area contributed by atoms with E-state index in [2.05, 4.69) is 53.4 Å². The third-order valence-electron chi connectivity index (χ3n) is 4.94. The van der Waals surface area contributed by atoms with Gasteiger partial charge in [-0.05, 0) is 54.5 Å². The maximum Gasteiger partial charge on any atom is 0.118 e. The van der Waals surface area contributed by atoms with Crippen LogP contribution in [0.5, 0.6) is 5.75 Å². The molecule has 0 aliphatic carbocycles. The molecule has 4 rings (SSSR count). The number of anilines is 1. The minimum atomic E-state index is 0.727. The number of para-hydroxylation sites is 1. The second kappa shape index (κ2) is 5.10. The quantitative estimate of drug-likeness (QED) is 0.849. The fourth-order valence-electron chi connectivity index (χ4n) is 3.96. The highest BCUT2D eigenvalue weighted by molar-refractivity contribution is 5.60. The van der Waals surface area contributed by atoms with E-state index in [4.69, 9.17) is 4.74 Å². The van der Waals surface area contributed by atoms with Gasteiger partial charge in [0.2, 0.25) is 0 Å². The summed E-state index contributed by atoms with van der Waals surface area (Å²) in [5.74, 6) is 1.72. The molecule has 2 atom stereocenters. The summed E-state index contributed by atoms with van der Waals surface area (Å²) < 4.78 is 5.23. The summed E-state index contributed by atoms with van der Waals surface area (Å²) in [4.78, 5) is 2.63. The lowest BCUT2D eigenvalue weighted by Gasteiger charge is -2.19. The van der Waals surface area contributed by atoms with Crippen LogP contribution in [-0.4, -0.2) is 19.7 Å². The van der Waals surface area contributed by atoms with Crippen molar-refractivity contribution in [3.8, 4) is 5.75 Å². The highest BCUT2D eigenvalue weighted by atomic mass is 16.5. The van der Waals surface area contributed by atoms with Crippen LogP contribution in [0.3, 0.4) is 0 Å². The topological polar surface area (TPSA) is 12.5 Å². The van der Waals surface area contributed by atoms with E-state index in [1.165, 1.54) is 42.6 Å². The summed E-state index contributed by atoms with van der Waals surface area (Å²) in [6.45, 7) is 1.20. The summed E-state index contributed by atoms with van der Waals surface area (Å²) in [6, 6.07) is 18.2. The molecule has 0 N–H and O–H groups in total. The van der Waals surface area contributed by atoms with Crippen molar-refractivity contribution in [3.63, 3.8) is 0 Å². The predicted molar refractivity (Wildman–Crippen MR) is 86.1 cm³/mol. The average molecular weight is 279 g/mol. The van der Waals surface area contributed by atoms with Crippen LogP contribution in [0, 0.1) is 5.92 Å². The molecule has 2 aromatic carbocycles. The number of benzene rings is 2. The Morgan fingerprint density at radius 1 is 1.10 bits per heavy atom. The van der Waals surface area contributed by atoms with Crippen LogP contribution in [0.4, 0.5) is 5.69 Å². The first kappa shape index (κ1) is 12.8. The van der Waals surface area contributed by atoms with Gasteiger partial charge in [-0.3, -0.25) is 0 Å². The minimum absolute atomic E-state index is 0.727. The Morgan fingerprint density at radius 3 is 2.71 bits per heavy atom. The molecule has 1 saturated heterocycles. The second-order valence-electron chi connectivity index (χ2n) is 6.29. The zero-order chi connectivity index (χ0) is 14.2. The van der Waals surface area contributed by atoms with Crippen LogP contribution in [0.25, 0.3) is 0 Å². The molecule has 2 aliphatic heterocycles. The molecular formula is C19H21NO. The number of hydrogen-bond donors (Lipinski definition) is 0. The minimum Gasteiger partial charge on any atom is -0.497 e. The molecule has 0 amide bonds. The molecule has 0 radical (unpaired) electrons. The number of hydrogen-bond acceptors (Lipinski definition) is 2. The number of methoxy groups -OCH3 is 1. The zero-order valence-electron chi connectivity index (χ0n) is 12.5. The SMILES string of the molecule is COc1ccc(C[C@H]2C[C@@H]3Cc4ccccc4N3C2)cc1. The van der Waals surface area contributed by atoms with Crippen molar-refractivity contribution in [2.24, 2.45) is 5.92 Å². The van der Waals surface area contributed by atoms with Gasteiger partial charge in [0, 0.05) is 18.3 Å². The molecule has 0 bridgehead atoms. The van der Waals surface area contributed by atoms with Crippen molar-refractivity contribution in [1.82, 2.24) is 0 Å².